The van der Waals surface area contributed by atoms with Gasteiger partial charge in [-0.2, -0.15) is 0 Å². The highest BCUT2D eigenvalue weighted by Gasteiger charge is 2.15. The maximum absolute atomic E-state index is 13.6. The molecule has 106 valence electrons. The van der Waals surface area contributed by atoms with Gasteiger partial charge in [0.05, 0.1) is 5.02 Å². The van der Waals surface area contributed by atoms with Crippen molar-refractivity contribution in [3.05, 3.63) is 68.4 Å². The minimum atomic E-state index is -0.435. The van der Waals surface area contributed by atoms with Crippen molar-refractivity contribution in [2.75, 3.05) is 7.05 Å². The number of likely N-dealkylation sites (N-methyl/N-ethyl adjacent to an activating group) is 1. The smallest absolute Gasteiger partial charge is 0.142 e. The summed E-state index contributed by atoms with van der Waals surface area (Å²) in [6.07, 6.45) is 0.566. The Morgan fingerprint density at radius 1 is 1.05 bits per heavy atom. The maximum atomic E-state index is 13.6. The van der Waals surface area contributed by atoms with Gasteiger partial charge in [0.15, 0.2) is 0 Å². The summed E-state index contributed by atoms with van der Waals surface area (Å²) in [6.45, 7) is 0. The highest BCUT2D eigenvalue weighted by atomic mass is 35.5. The monoisotopic (exact) mass is 331 g/mol. The van der Waals surface area contributed by atoms with E-state index in [-0.39, 0.29) is 11.1 Å². The van der Waals surface area contributed by atoms with Crippen LogP contribution in [-0.2, 0) is 6.42 Å². The van der Waals surface area contributed by atoms with E-state index in [1.165, 1.54) is 6.07 Å². The zero-order valence-electron chi connectivity index (χ0n) is 10.8. The molecule has 1 nitrogen and oxygen atoms in total. The first-order valence-corrected chi connectivity index (χ1v) is 7.21. The topological polar surface area (TPSA) is 12.0 Å². The minimum absolute atomic E-state index is 0.0980. The average molecular weight is 333 g/mol. The Kier molecular flexibility index (Phi) is 5.28. The fraction of sp³-hybridized carbons (Fsp3) is 0.200. The molecule has 2 aromatic rings. The third-order valence-electron chi connectivity index (χ3n) is 3.16. The van der Waals surface area contributed by atoms with E-state index >= 15 is 0 Å². The molecule has 2 aromatic carbocycles. The molecular formula is C15H13Cl3FN. The van der Waals surface area contributed by atoms with Crippen LogP contribution in [0.4, 0.5) is 4.39 Å². The van der Waals surface area contributed by atoms with Gasteiger partial charge in [0.2, 0.25) is 0 Å². The number of benzene rings is 2. The molecular weight excluding hydrogens is 320 g/mol. The lowest BCUT2D eigenvalue weighted by molar-refractivity contribution is 0.577. The van der Waals surface area contributed by atoms with Crippen molar-refractivity contribution in [1.82, 2.24) is 5.32 Å². The standard InChI is InChI=1S/C15H13Cl3FN/c1-20-15(9-5-6-13(18)14(19)7-9)8-10-11(16)3-2-4-12(10)17/h2-7,15,20H,8H2,1H3. The van der Waals surface area contributed by atoms with Gasteiger partial charge in [-0.05, 0) is 48.9 Å². The first kappa shape index (κ1) is 15.6. The Balaban J connectivity index is 2.31. The second-order valence-electron chi connectivity index (χ2n) is 4.42. The Hall–Kier alpha value is -0.800. The van der Waals surface area contributed by atoms with Crippen molar-refractivity contribution < 1.29 is 4.39 Å². The largest absolute Gasteiger partial charge is 0.313 e. The minimum Gasteiger partial charge on any atom is -0.313 e. The van der Waals surface area contributed by atoms with Gasteiger partial charge in [-0.3, -0.25) is 0 Å². The zero-order valence-corrected chi connectivity index (χ0v) is 13.0. The van der Waals surface area contributed by atoms with Crippen LogP contribution in [0.5, 0.6) is 0 Å². The lowest BCUT2D eigenvalue weighted by Gasteiger charge is -2.18. The van der Waals surface area contributed by atoms with Gasteiger partial charge in [0.1, 0.15) is 5.82 Å². The summed E-state index contributed by atoms with van der Waals surface area (Å²) in [7, 11) is 1.81. The van der Waals surface area contributed by atoms with Gasteiger partial charge in [0.25, 0.3) is 0 Å². The van der Waals surface area contributed by atoms with E-state index in [1.807, 2.05) is 7.05 Å². The molecule has 0 saturated carbocycles. The Labute approximate surface area is 132 Å². The van der Waals surface area contributed by atoms with Crippen molar-refractivity contribution in [1.29, 1.82) is 0 Å². The quantitative estimate of drug-likeness (QED) is 0.802. The molecule has 2 rings (SSSR count). The van der Waals surface area contributed by atoms with E-state index in [0.717, 1.165) is 11.1 Å². The van der Waals surface area contributed by atoms with Gasteiger partial charge in [-0.25, -0.2) is 4.39 Å². The molecule has 20 heavy (non-hydrogen) atoms. The van der Waals surface area contributed by atoms with Crippen LogP contribution in [0.25, 0.3) is 0 Å². The van der Waals surface area contributed by atoms with Crippen molar-refractivity contribution in [3.63, 3.8) is 0 Å². The molecule has 0 saturated heterocycles. The Bertz CT molecular complexity index is 596. The molecule has 0 heterocycles. The third-order valence-corrected chi connectivity index (χ3v) is 4.18. The molecule has 1 N–H and O–H groups in total. The molecule has 5 heteroatoms. The van der Waals surface area contributed by atoms with Crippen LogP contribution >= 0.6 is 34.8 Å². The van der Waals surface area contributed by atoms with Crippen molar-refractivity contribution in [3.8, 4) is 0 Å². The normalized spacial score (nSPS) is 12.4. The lowest BCUT2D eigenvalue weighted by atomic mass is 9.99. The summed E-state index contributed by atoms with van der Waals surface area (Å²) < 4.78 is 13.6. The zero-order chi connectivity index (χ0) is 14.7. The molecule has 0 aliphatic rings. The molecule has 1 atom stereocenters. The van der Waals surface area contributed by atoms with Crippen LogP contribution in [0.15, 0.2) is 36.4 Å². The van der Waals surface area contributed by atoms with Crippen molar-refractivity contribution in [2.24, 2.45) is 0 Å². The molecule has 1 unspecified atom stereocenters. The van der Waals surface area contributed by atoms with E-state index in [4.69, 9.17) is 34.8 Å². The molecule has 0 aliphatic heterocycles. The van der Waals surface area contributed by atoms with E-state index < -0.39 is 5.82 Å². The summed E-state index contributed by atoms with van der Waals surface area (Å²) >= 11 is 18.0. The van der Waals surface area contributed by atoms with E-state index in [9.17, 15) is 4.39 Å². The molecule has 0 radical (unpaired) electrons. The molecule has 0 fully saturated rings. The predicted molar refractivity (Wildman–Crippen MR) is 83.4 cm³/mol. The fourth-order valence-electron chi connectivity index (χ4n) is 2.05. The molecule has 0 aromatic heterocycles. The third kappa shape index (κ3) is 3.44. The van der Waals surface area contributed by atoms with Gasteiger partial charge in [0, 0.05) is 16.1 Å². The van der Waals surface area contributed by atoms with Crippen LogP contribution in [0.1, 0.15) is 17.2 Å². The maximum Gasteiger partial charge on any atom is 0.142 e. The van der Waals surface area contributed by atoms with E-state index in [1.54, 1.807) is 30.3 Å². The first-order valence-electron chi connectivity index (χ1n) is 6.08. The number of halogens is 4. The van der Waals surface area contributed by atoms with Gasteiger partial charge in [-0.15, -0.1) is 0 Å². The number of rotatable bonds is 4. The molecule has 0 bridgehead atoms. The summed E-state index contributed by atoms with van der Waals surface area (Å²) in [5, 5.41) is 4.46. The van der Waals surface area contributed by atoms with Crippen molar-refractivity contribution >= 4 is 34.8 Å². The van der Waals surface area contributed by atoms with Gasteiger partial charge < -0.3 is 5.32 Å². The Morgan fingerprint density at radius 2 is 1.70 bits per heavy atom. The summed E-state index contributed by atoms with van der Waals surface area (Å²) in [4.78, 5) is 0. The van der Waals surface area contributed by atoms with E-state index in [2.05, 4.69) is 5.32 Å². The summed E-state index contributed by atoms with van der Waals surface area (Å²) in [5.74, 6) is -0.435. The number of nitrogens with one attached hydrogen (secondary N) is 1. The van der Waals surface area contributed by atoms with Crippen LogP contribution in [0.2, 0.25) is 15.1 Å². The Morgan fingerprint density at radius 3 is 2.25 bits per heavy atom. The second kappa shape index (κ2) is 6.77. The number of hydrogen-bond donors (Lipinski definition) is 1. The van der Waals surface area contributed by atoms with Gasteiger partial charge >= 0.3 is 0 Å². The summed E-state index contributed by atoms with van der Waals surface area (Å²) in [5.41, 5.74) is 1.64. The van der Waals surface area contributed by atoms with Crippen molar-refractivity contribution in [2.45, 2.75) is 12.5 Å². The number of hydrogen-bond acceptors (Lipinski definition) is 1. The first-order chi connectivity index (χ1) is 9.52. The molecule has 0 aliphatic carbocycles. The lowest BCUT2D eigenvalue weighted by Crippen LogP contribution is -2.19. The van der Waals surface area contributed by atoms with Crippen LogP contribution < -0.4 is 5.32 Å². The highest BCUT2D eigenvalue weighted by Crippen LogP contribution is 2.30. The molecule has 0 spiro atoms. The fourth-order valence-corrected chi connectivity index (χ4v) is 2.72. The average Bonchev–Trinajstić information content (AvgIpc) is 2.42. The second-order valence-corrected chi connectivity index (χ2v) is 5.64. The van der Waals surface area contributed by atoms with Crippen LogP contribution in [0, 0.1) is 5.82 Å². The highest BCUT2D eigenvalue weighted by molar-refractivity contribution is 6.36. The van der Waals surface area contributed by atoms with Crippen LogP contribution in [-0.4, -0.2) is 7.05 Å². The molecule has 0 amide bonds. The summed E-state index contributed by atoms with van der Waals surface area (Å²) in [6, 6.07) is 10.0. The SMILES string of the molecule is CNC(Cc1c(Cl)cccc1Cl)c1ccc(Cl)c(F)c1. The van der Waals surface area contributed by atoms with E-state index in [0.29, 0.717) is 16.5 Å². The predicted octanol–water partition coefficient (Wildman–Crippen LogP) is 5.29. The van der Waals surface area contributed by atoms with Crippen LogP contribution in [0.3, 0.4) is 0 Å². The van der Waals surface area contributed by atoms with Gasteiger partial charge in [-0.1, -0.05) is 46.9 Å².